The standard InChI is InChI=1S/C28H42Si/c1-17-9-11-19(3)25-23(17)15-21(5)27(25)29(13-7-8-14-29)28-22(6)16-24-18(2)10-12-20(4)26(24)28/h9-12,21-28H,7-8,13-16H2,1-6H3. The largest absolute Gasteiger partial charge is 0.0696 e. The minimum Gasteiger partial charge on any atom is -0.0696 e. The van der Waals surface area contributed by atoms with E-state index in [0.717, 1.165) is 46.6 Å². The molecule has 5 rings (SSSR count). The van der Waals surface area contributed by atoms with Gasteiger partial charge in [-0.05, 0) is 87.1 Å². The Morgan fingerprint density at radius 1 is 0.621 bits per heavy atom. The van der Waals surface area contributed by atoms with Crippen LogP contribution >= 0.6 is 0 Å². The van der Waals surface area contributed by atoms with E-state index in [9.17, 15) is 0 Å². The smallest absolute Gasteiger partial charge is 0.0615 e. The summed E-state index contributed by atoms with van der Waals surface area (Å²) in [5, 5.41) is 0. The number of rotatable bonds is 2. The molecule has 0 aromatic carbocycles. The van der Waals surface area contributed by atoms with E-state index in [1.807, 2.05) is 0 Å². The van der Waals surface area contributed by atoms with Gasteiger partial charge in [-0.1, -0.05) is 85.4 Å². The van der Waals surface area contributed by atoms with Crippen LogP contribution in [0.1, 0.15) is 67.2 Å². The van der Waals surface area contributed by atoms with Crippen LogP contribution < -0.4 is 0 Å². The summed E-state index contributed by atoms with van der Waals surface area (Å²) in [6, 6.07) is 3.27. The second kappa shape index (κ2) is 7.11. The molecule has 1 aliphatic heterocycles. The Balaban J connectivity index is 1.60. The minimum atomic E-state index is -1.39. The predicted molar refractivity (Wildman–Crippen MR) is 129 cm³/mol. The van der Waals surface area contributed by atoms with Crippen LogP contribution in [0.5, 0.6) is 0 Å². The summed E-state index contributed by atoms with van der Waals surface area (Å²) in [4.78, 5) is 0. The van der Waals surface area contributed by atoms with Crippen LogP contribution in [0, 0.1) is 35.5 Å². The molecule has 8 unspecified atom stereocenters. The van der Waals surface area contributed by atoms with Crippen LogP contribution in [-0.4, -0.2) is 8.07 Å². The van der Waals surface area contributed by atoms with Crippen LogP contribution in [0.15, 0.2) is 46.6 Å². The molecule has 0 radical (unpaired) electrons. The van der Waals surface area contributed by atoms with E-state index < -0.39 is 8.07 Å². The normalized spacial score (nSPS) is 45.9. The summed E-state index contributed by atoms with van der Waals surface area (Å²) < 4.78 is 0. The average Bonchev–Trinajstić information content (AvgIpc) is 3.37. The van der Waals surface area contributed by atoms with Gasteiger partial charge in [0, 0.05) is 0 Å². The number of hydrogen-bond donors (Lipinski definition) is 0. The summed E-state index contributed by atoms with van der Waals surface area (Å²) in [6.45, 7) is 15.1. The molecule has 4 aliphatic carbocycles. The maximum Gasteiger partial charge on any atom is 0.0615 e. The van der Waals surface area contributed by atoms with Crippen molar-refractivity contribution in [1.29, 1.82) is 0 Å². The summed E-state index contributed by atoms with van der Waals surface area (Å²) in [6.07, 6.45) is 15.9. The Morgan fingerprint density at radius 2 is 1.00 bits per heavy atom. The fourth-order valence-corrected chi connectivity index (χ4v) is 18.3. The maximum absolute atomic E-state index is 2.66. The highest BCUT2D eigenvalue weighted by molar-refractivity contribution is 6.83. The molecule has 5 aliphatic rings. The molecule has 0 aromatic rings. The van der Waals surface area contributed by atoms with Gasteiger partial charge in [0.25, 0.3) is 0 Å². The summed E-state index contributed by atoms with van der Waals surface area (Å²) in [7, 11) is -1.39. The van der Waals surface area contributed by atoms with Gasteiger partial charge in [0.1, 0.15) is 0 Å². The SMILES string of the molecule is CC1=CC=C(C)C2C1CC(C)C2[Si]1(C2C(C)CC3C(C)=CC=C(C)C32)CCCC1. The average molecular weight is 407 g/mol. The van der Waals surface area contributed by atoms with Crippen molar-refractivity contribution >= 4 is 8.07 Å². The maximum atomic E-state index is 2.66. The highest BCUT2D eigenvalue weighted by atomic mass is 28.3. The molecule has 158 valence electrons. The lowest BCUT2D eigenvalue weighted by Gasteiger charge is -2.49. The molecule has 3 fully saturated rings. The Morgan fingerprint density at radius 3 is 1.41 bits per heavy atom. The molecule has 0 bridgehead atoms. The quantitative estimate of drug-likeness (QED) is 0.404. The van der Waals surface area contributed by atoms with Crippen LogP contribution in [0.2, 0.25) is 23.2 Å². The Bertz CT molecular complexity index is 740. The predicted octanol–water partition coefficient (Wildman–Crippen LogP) is 8.33. The topological polar surface area (TPSA) is 0 Å². The molecule has 2 saturated carbocycles. The Hall–Kier alpha value is -0.823. The van der Waals surface area contributed by atoms with Gasteiger partial charge in [0.2, 0.25) is 0 Å². The zero-order chi connectivity index (χ0) is 20.5. The zero-order valence-electron chi connectivity index (χ0n) is 19.7. The van der Waals surface area contributed by atoms with Gasteiger partial charge < -0.3 is 0 Å². The summed E-state index contributed by atoms with van der Waals surface area (Å²) >= 11 is 0. The van der Waals surface area contributed by atoms with E-state index in [4.69, 9.17) is 0 Å². The fourth-order valence-electron chi connectivity index (χ4n) is 9.50. The number of fused-ring (bicyclic) bond motifs is 2. The minimum absolute atomic E-state index is 0.849. The van der Waals surface area contributed by atoms with Crippen molar-refractivity contribution in [3.8, 4) is 0 Å². The third-order valence-corrected chi connectivity index (χ3v) is 17.5. The first-order valence-electron chi connectivity index (χ1n) is 12.5. The molecule has 0 amide bonds. The van der Waals surface area contributed by atoms with Crippen molar-refractivity contribution in [1.82, 2.24) is 0 Å². The van der Waals surface area contributed by atoms with E-state index in [0.29, 0.717) is 0 Å². The molecule has 1 heteroatoms. The fraction of sp³-hybridized carbons (Fsp3) is 0.714. The van der Waals surface area contributed by atoms with Gasteiger partial charge in [-0.15, -0.1) is 0 Å². The van der Waals surface area contributed by atoms with Crippen molar-refractivity contribution in [3.63, 3.8) is 0 Å². The van der Waals surface area contributed by atoms with Gasteiger partial charge in [0.05, 0.1) is 8.07 Å². The summed E-state index contributed by atoms with van der Waals surface area (Å²) in [5.41, 5.74) is 8.87. The lowest BCUT2D eigenvalue weighted by molar-refractivity contribution is 0.452. The second-order valence-corrected chi connectivity index (χ2v) is 16.6. The molecule has 29 heavy (non-hydrogen) atoms. The molecule has 0 N–H and O–H groups in total. The molecule has 1 heterocycles. The zero-order valence-corrected chi connectivity index (χ0v) is 20.7. The summed E-state index contributed by atoms with van der Waals surface area (Å²) in [5.74, 6) is 5.29. The molecule has 0 nitrogen and oxygen atoms in total. The molecular weight excluding hydrogens is 364 g/mol. The van der Waals surface area contributed by atoms with Crippen molar-refractivity contribution < 1.29 is 0 Å². The van der Waals surface area contributed by atoms with E-state index in [-0.39, 0.29) is 0 Å². The molecular formula is C28H42Si. The lowest BCUT2D eigenvalue weighted by Crippen LogP contribution is -2.49. The van der Waals surface area contributed by atoms with Crippen LogP contribution in [-0.2, 0) is 0 Å². The van der Waals surface area contributed by atoms with Crippen molar-refractivity contribution in [3.05, 3.63) is 46.6 Å². The van der Waals surface area contributed by atoms with E-state index in [2.05, 4.69) is 65.8 Å². The highest BCUT2D eigenvalue weighted by Gasteiger charge is 2.62. The highest BCUT2D eigenvalue weighted by Crippen LogP contribution is 2.68. The van der Waals surface area contributed by atoms with E-state index >= 15 is 0 Å². The molecule has 1 saturated heterocycles. The monoisotopic (exact) mass is 406 g/mol. The van der Waals surface area contributed by atoms with Crippen molar-refractivity contribution in [2.24, 2.45) is 35.5 Å². The van der Waals surface area contributed by atoms with E-state index in [1.54, 1.807) is 34.4 Å². The van der Waals surface area contributed by atoms with Crippen LogP contribution in [0.3, 0.4) is 0 Å². The first-order valence-corrected chi connectivity index (χ1v) is 15.1. The molecule has 0 spiro atoms. The third-order valence-electron chi connectivity index (χ3n) is 10.4. The number of allylic oxidation sites excluding steroid dienone is 8. The first-order chi connectivity index (χ1) is 13.8. The number of hydrogen-bond acceptors (Lipinski definition) is 0. The molecule has 0 aromatic heterocycles. The van der Waals surface area contributed by atoms with Crippen LogP contribution in [0.25, 0.3) is 0 Å². The third kappa shape index (κ3) is 2.82. The molecule has 8 atom stereocenters. The first kappa shape index (κ1) is 20.1. The Kier molecular flexibility index (Phi) is 4.93. The van der Waals surface area contributed by atoms with Gasteiger partial charge >= 0.3 is 0 Å². The van der Waals surface area contributed by atoms with Gasteiger partial charge in [-0.25, -0.2) is 0 Å². The second-order valence-electron chi connectivity index (χ2n) is 11.8. The van der Waals surface area contributed by atoms with Crippen molar-refractivity contribution in [2.45, 2.75) is 90.4 Å². The van der Waals surface area contributed by atoms with Gasteiger partial charge in [0.15, 0.2) is 0 Å². The Labute approximate surface area is 180 Å². The van der Waals surface area contributed by atoms with Gasteiger partial charge in [-0.2, -0.15) is 0 Å². The van der Waals surface area contributed by atoms with Gasteiger partial charge in [-0.3, -0.25) is 0 Å². The lowest BCUT2D eigenvalue weighted by atomic mass is 9.80. The van der Waals surface area contributed by atoms with Crippen LogP contribution in [0.4, 0.5) is 0 Å². The van der Waals surface area contributed by atoms with Crippen molar-refractivity contribution in [2.75, 3.05) is 0 Å². The van der Waals surface area contributed by atoms with E-state index in [1.165, 1.54) is 25.7 Å².